The maximum Gasteiger partial charge on any atom is 0.271 e. The number of non-ortho nitro benzene ring substituents is 1. The fourth-order valence-electron chi connectivity index (χ4n) is 3.40. The van der Waals surface area contributed by atoms with Gasteiger partial charge in [0.25, 0.3) is 5.69 Å². The lowest BCUT2D eigenvalue weighted by Crippen LogP contribution is -2.41. The van der Waals surface area contributed by atoms with Crippen molar-refractivity contribution in [3.63, 3.8) is 0 Å². The number of rotatable bonds is 7. The highest BCUT2D eigenvalue weighted by atomic mass is 32.2. The molecule has 0 aliphatic carbocycles. The number of anilines is 1. The molecule has 2 aromatic rings. The van der Waals surface area contributed by atoms with Gasteiger partial charge >= 0.3 is 0 Å². The van der Waals surface area contributed by atoms with Crippen LogP contribution in [0.25, 0.3) is 0 Å². The second-order valence-corrected chi connectivity index (χ2v) is 9.80. The van der Waals surface area contributed by atoms with Crippen LogP contribution in [0.1, 0.15) is 12.8 Å². The molecule has 0 spiro atoms. The molecule has 11 heteroatoms. The van der Waals surface area contributed by atoms with E-state index in [-0.39, 0.29) is 35.3 Å². The number of nitrogens with one attached hydrogen (secondary N) is 1. The first-order valence-corrected chi connectivity index (χ1v) is 12.2. The molecule has 0 aromatic heterocycles. The van der Waals surface area contributed by atoms with Crippen LogP contribution in [0.15, 0.2) is 52.3 Å². The van der Waals surface area contributed by atoms with Crippen LogP contribution in [0.2, 0.25) is 0 Å². The van der Waals surface area contributed by atoms with E-state index in [1.165, 1.54) is 41.4 Å². The monoisotopic (exact) mass is 465 g/mol. The van der Waals surface area contributed by atoms with Gasteiger partial charge in [-0.1, -0.05) is 0 Å². The Hall–Kier alpha value is -2.63. The first kappa shape index (κ1) is 23.0. The van der Waals surface area contributed by atoms with Gasteiger partial charge in [0.2, 0.25) is 15.9 Å². The van der Waals surface area contributed by atoms with Crippen molar-refractivity contribution in [3.8, 4) is 5.75 Å². The normalized spacial score (nSPS) is 15.4. The quantitative estimate of drug-likeness (QED) is 0.378. The van der Waals surface area contributed by atoms with Crippen molar-refractivity contribution in [1.82, 2.24) is 4.31 Å². The highest BCUT2D eigenvalue weighted by Gasteiger charge is 2.32. The molecule has 166 valence electrons. The molecule has 31 heavy (non-hydrogen) atoms. The summed E-state index contributed by atoms with van der Waals surface area (Å²) in [5.74, 6) is -0.415. The van der Waals surface area contributed by atoms with Crippen LogP contribution in [-0.2, 0) is 14.8 Å². The summed E-state index contributed by atoms with van der Waals surface area (Å²) in [4.78, 5) is 24.4. The zero-order valence-corrected chi connectivity index (χ0v) is 18.7. The van der Waals surface area contributed by atoms with E-state index in [2.05, 4.69) is 5.32 Å². The molecule has 1 aliphatic rings. The van der Waals surface area contributed by atoms with E-state index >= 15 is 0 Å². The van der Waals surface area contributed by atoms with Crippen molar-refractivity contribution >= 4 is 39.1 Å². The lowest BCUT2D eigenvalue weighted by atomic mass is 9.97. The summed E-state index contributed by atoms with van der Waals surface area (Å²) in [6.07, 6.45) is 2.62. The summed E-state index contributed by atoms with van der Waals surface area (Å²) in [5, 5.41) is 13.7. The minimum atomic E-state index is -3.62. The number of ether oxygens (including phenoxy) is 1. The fraction of sp³-hybridized carbons (Fsp3) is 0.350. The van der Waals surface area contributed by atoms with Crippen LogP contribution in [0, 0.1) is 16.0 Å². The molecule has 0 radical (unpaired) electrons. The largest absolute Gasteiger partial charge is 0.495 e. The average Bonchev–Trinajstić information content (AvgIpc) is 2.79. The minimum absolute atomic E-state index is 0.162. The van der Waals surface area contributed by atoms with Crippen molar-refractivity contribution < 1.29 is 22.9 Å². The Kier molecular flexibility index (Phi) is 7.19. The molecule has 3 rings (SSSR count). The van der Waals surface area contributed by atoms with E-state index < -0.39 is 20.9 Å². The number of piperidine rings is 1. The number of sulfonamides is 1. The molecular formula is C20H23N3O6S2. The highest BCUT2D eigenvalue weighted by molar-refractivity contribution is 7.98. The Bertz CT molecular complexity index is 1060. The Morgan fingerprint density at radius 2 is 1.84 bits per heavy atom. The van der Waals surface area contributed by atoms with Crippen molar-refractivity contribution in [1.29, 1.82) is 0 Å². The van der Waals surface area contributed by atoms with Crippen LogP contribution < -0.4 is 10.1 Å². The first-order valence-electron chi connectivity index (χ1n) is 9.53. The smallest absolute Gasteiger partial charge is 0.271 e. The van der Waals surface area contributed by atoms with Crippen molar-refractivity contribution in [2.75, 3.05) is 31.8 Å². The van der Waals surface area contributed by atoms with Gasteiger partial charge < -0.3 is 10.1 Å². The molecule has 1 saturated heterocycles. The third kappa shape index (κ3) is 5.17. The van der Waals surface area contributed by atoms with E-state index in [4.69, 9.17) is 4.74 Å². The molecule has 9 nitrogen and oxygen atoms in total. The Labute approximate surface area is 185 Å². The third-order valence-corrected chi connectivity index (χ3v) is 7.83. The first-order chi connectivity index (χ1) is 14.8. The zero-order valence-electron chi connectivity index (χ0n) is 17.1. The summed E-state index contributed by atoms with van der Waals surface area (Å²) in [6, 6.07) is 10.7. The number of nitro groups is 1. The maximum absolute atomic E-state index is 12.9. The Balaban J connectivity index is 1.66. The summed E-state index contributed by atoms with van der Waals surface area (Å²) >= 11 is 1.53. The van der Waals surface area contributed by atoms with Crippen LogP contribution in [0.3, 0.4) is 0 Å². The molecule has 1 N–H and O–H groups in total. The van der Waals surface area contributed by atoms with Gasteiger partial charge in [0.05, 0.1) is 22.6 Å². The molecule has 1 aliphatic heterocycles. The average molecular weight is 466 g/mol. The van der Waals surface area contributed by atoms with Gasteiger partial charge in [-0.3, -0.25) is 14.9 Å². The van der Waals surface area contributed by atoms with Gasteiger partial charge in [-0.05, 0) is 49.4 Å². The number of hydrogen-bond donors (Lipinski definition) is 1. The number of carbonyl (C=O) groups is 1. The Morgan fingerprint density at radius 1 is 1.19 bits per heavy atom. The van der Waals surface area contributed by atoms with E-state index in [0.29, 0.717) is 18.6 Å². The number of nitrogens with zero attached hydrogens (tertiary/aromatic N) is 2. The van der Waals surface area contributed by atoms with E-state index in [9.17, 15) is 23.3 Å². The highest BCUT2D eigenvalue weighted by Crippen LogP contribution is 2.31. The van der Waals surface area contributed by atoms with Crippen molar-refractivity contribution in [2.24, 2.45) is 5.92 Å². The zero-order chi connectivity index (χ0) is 22.6. The van der Waals surface area contributed by atoms with E-state index in [0.717, 1.165) is 4.90 Å². The molecule has 0 unspecified atom stereocenters. The number of carbonyl (C=O) groups excluding carboxylic acids is 1. The SMILES string of the molecule is COc1ccc([N+](=O)[O-])cc1NC(=O)C1CCN(S(=O)(=O)c2ccc(SC)cc2)CC1. The molecular weight excluding hydrogens is 442 g/mol. The van der Waals surface area contributed by atoms with Gasteiger partial charge in [-0.2, -0.15) is 4.31 Å². The molecule has 1 fully saturated rings. The van der Waals surface area contributed by atoms with Gasteiger partial charge in [0.15, 0.2) is 0 Å². The number of thioether (sulfide) groups is 1. The number of amides is 1. The topological polar surface area (TPSA) is 119 Å². The molecule has 2 aromatic carbocycles. The van der Waals surface area contributed by atoms with Gasteiger partial charge in [0.1, 0.15) is 5.75 Å². The summed E-state index contributed by atoms with van der Waals surface area (Å²) in [5.41, 5.74) is 0.0511. The molecule has 0 saturated carbocycles. The summed E-state index contributed by atoms with van der Waals surface area (Å²) < 4.78 is 32.3. The molecule has 1 amide bonds. The Morgan fingerprint density at radius 3 is 2.39 bits per heavy atom. The second-order valence-electron chi connectivity index (χ2n) is 6.98. The molecule has 0 atom stereocenters. The van der Waals surface area contributed by atoms with E-state index in [1.54, 1.807) is 24.3 Å². The summed E-state index contributed by atoms with van der Waals surface area (Å²) in [6.45, 7) is 0.438. The van der Waals surface area contributed by atoms with Gasteiger partial charge in [-0.15, -0.1) is 11.8 Å². The minimum Gasteiger partial charge on any atom is -0.495 e. The van der Waals surface area contributed by atoms with Crippen molar-refractivity contribution in [3.05, 3.63) is 52.6 Å². The summed E-state index contributed by atoms with van der Waals surface area (Å²) in [7, 11) is -2.21. The predicted molar refractivity (Wildman–Crippen MR) is 118 cm³/mol. The number of nitro benzene ring substituents is 1. The van der Waals surface area contributed by atoms with E-state index in [1.807, 2.05) is 6.26 Å². The van der Waals surface area contributed by atoms with Gasteiger partial charge in [0, 0.05) is 36.0 Å². The van der Waals surface area contributed by atoms with Crippen LogP contribution in [-0.4, -0.2) is 50.0 Å². The fourth-order valence-corrected chi connectivity index (χ4v) is 5.28. The van der Waals surface area contributed by atoms with Crippen LogP contribution in [0.5, 0.6) is 5.75 Å². The van der Waals surface area contributed by atoms with Gasteiger partial charge in [-0.25, -0.2) is 8.42 Å². The predicted octanol–water partition coefficient (Wildman–Crippen LogP) is 3.36. The molecule has 1 heterocycles. The number of methoxy groups -OCH3 is 1. The standard InChI is InChI=1S/C20H23N3O6S2/c1-29-19-8-3-15(23(25)26)13-18(19)21-20(24)14-9-11-22(12-10-14)31(27,28)17-6-4-16(30-2)5-7-17/h3-8,13-14H,9-12H2,1-2H3,(H,21,24). The molecule has 0 bridgehead atoms. The third-order valence-electron chi connectivity index (χ3n) is 5.17. The van der Waals surface area contributed by atoms with Crippen LogP contribution >= 0.6 is 11.8 Å². The maximum atomic E-state index is 12.9. The number of benzene rings is 2. The van der Waals surface area contributed by atoms with Crippen molar-refractivity contribution in [2.45, 2.75) is 22.6 Å². The lowest BCUT2D eigenvalue weighted by Gasteiger charge is -2.30. The second kappa shape index (κ2) is 9.67. The lowest BCUT2D eigenvalue weighted by molar-refractivity contribution is -0.384. The van der Waals surface area contributed by atoms with Crippen LogP contribution in [0.4, 0.5) is 11.4 Å². The number of hydrogen-bond acceptors (Lipinski definition) is 7.